The molecule has 0 aromatic heterocycles. The van der Waals surface area contributed by atoms with Crippen molar-refractivity contribution in [2.45, 2.75) is 31.2 Å². The Morgan fingerprint density at radius 3 is 2.24 bits per heavy atom. The summed E-state index contributed by atoms with van der Waals surface area (Å²) >= 11 is 0. The van der Waals surface area contributed by atoms with Gasteiger partial charge in [-0.3, -0.25) is 9.52 Å². The first-order chi connectivity index (χ1) is 11.6. The number of nitrogens with one attached hydrogen (secondary N) is 2. The third-order valence-electron chi connectivity index (χ3n) is 3.24. The average Bonchev–Trinajstić information content (AvgIpc) is 2.53. The summed E-state index contributed by atoms with van der Waals surface area (Å²) < 4.78 is 32.4. The number of carbonyl (C=O) groups is 1. The van der Waals surface area contributed by atoms with Gasteiger partial charge in [0.1, 0.15) is 5.75 Å². The van der Waals surface area contributed by atoms with Gasteiger partial charge in [0, 0.05) is 16.8 Å². The Labute approximate surface area is 148 Å². The van der Waals surface area contributed by atoms with Crippen LogP contribution in [-0.4, -0.2) is 27.0 Å². The van der Waals surface area contributed by atoms with Crippen LogP contribution in [0.3, 0.4) is 0 Å². The van der Waals surface area contributed by atoms with Gasteiger partial charge in [0.05, 0.1) is 12.0 Å². The lowest BCUT2D eigenvalue weighted by molar-refractivity contribution is 0.0919. The summed E-state index contributed by atoms with van der Waals surface area (Å²) in [5.41, 5.74) is 0.317. The molecular weight excluding hydrogens is 340 g/mol. The van der Waals surface area contributed by atoms with E-state index < -0.39 is 10.0 Å². The molecule has 0 bridgehead atoms. The lowest BCUT2D eigenvalue weighted by Gasteiger charge is -2.20. The topological polar surface area (TPSA) is 84.5 Å². The van der Waals surface area contributed by atoms with Crippen LogP contribution >= 0.6 is 0 Å². The fourth-order valence-electron chi connectivity index (χ4n) is 2.11. The molecule has 0 atom stereocenters. The first kappa shape index (κ1) is 18.8. The maximum absolute atomic E-state index is 12.5. The van der Waals surface area contributed by atoms with E-state index in [-0.39, 0.29) is 16.3 Å². The molecule has 7 heteroatoms. The van der Waals surface area contributed by atoms with E-state index in [0.29, 0.717) is 17.0 Å². The highest BCUT2D eigenvalue weighted by molar-refractivity contribution is 7.92. The predicted octanol–water partition coefficient (Wildman–Crippen LogP) is 3.02. The minimum Gasteiger partial charge on any atom is -0.497 e. The second-order valence-corrected chi connectivity index (χ2v) is 8.25. The van der Waals surface area contributed by atoms with Gasteiger partial charge in [0.2, 0.25) is 0 Å². The van der Waals surface area contributed by atoms with Crippen LogP contribution in [0, 0.1) is 0 Å². The summed E-state index contributed by atoms with van der Waals surface area (Å²) in [4.78, 5) is 12.3. The third-order valence-corrected chi connectivity index (χ3v) is 4.63. The number of hydrogen-bond acceptors (Lipinski definition) is 4. The standard InChI is InChI=1S/C18H22N2O4S/c1-18(2,3)19-17(21)13-6-5-7-14(12-13)20-25(22,23)16-10-8-15(24-4)9-11-16/h5-12,20H,1-4H3,(H,19,21). The Kier molecular flexibility index (Phi) is 5.37. The SMILES string of the molecule is COc1ccc(S(=O)(=O)Nc2cccc(C(=O)NC(C)(C)C)c2)cc1. The fraction of sp³-hybridized carbons (Fsp3) is 0.278. The Morgan fingerprint density at radius 2 is 1.68 bits per heavy atom. The highest BCUT2D eigenvalue weighted by atomic mass is 32.2. The first-order valence-electron chi connectivity index (χ1n) is 7.70. The van der Waals surface area contributed by atoms with E-state index in [1.807, 2.05) is 20.8 Å². The highest BCUT2D eigenvalue weighted by Crippen LogP contribution is 2.20. The van der Waals surface area contributed by atoms with Crippen molar-refractivity contribution in [1.82, 2.24) is 5.32 Å². The largest absolute Gasteiger partial charge is 0.497 e. The molecule has 2 aromatic carbocycles. The van der Waals surface area contributed by atoms with Crippen LogP contribution < -0.4 is 14.8 Å². The Balaban J connectivity index is 2.21. The molecule has 0 fully saturated rings. The van der Waals surface area contributed by atoms with Gasteiger partial charge in [-0.15, -0.1) is 0 Å². The molecule has 0 heterocycles. The number of anilines is 1. The molecular formula is C18H22N2O4S. The van der Waals surface area contributed by atoms with Crippen molar-refractivity contribution >= 4 is 21.6 Å². The summed E-state index contributed by atoms with van der Waals surface area (Å²) in [6, 6.07) is 12.4. The lowest BCUT2D eigenvalue weighted by Crippen LogP contribution is -2.40. The van der Waals surface area contributed by atoms with Gasteiger partial charge >= 0.3 is 0 Å². The Morgan fingerprint density at radius 1 is 1.04 bits per heavy atom. The Bertz CT molecular complexity index is 853. The van der Waals surface area contributed by atoms with Crippen molar-refractivity contribution in [2.75, 3.05) is 11.8 Å². The van der Waals surface area contributed by atoms with E-state index >= 15 is 0 Å². The smallest absolute Gasteiger partial charge is 0.261 e. The molecule has 2 aromatic rings. The molecule has 1 amide bonds. The number of carbonyl (C=O) groups excluding carboxylic acids is 1. The summed E-state index contributed by atoms with van der Waals surface area (Å²) in [5, 5.41) is 2.84. The van der Waals surface area contributed by atoms with E-state index in [1.165, 1.54) is 25.3 Å². The van der Waals surface area contributed by atoms with E-state index in [1.54, 1.807) is 30.3 Å². The molecule has 0 unspecified atom stereocenters. The summed E-state index contributed by atoms with van der Waals surface area (Å²) in [6.45, 7) is 5.63. The maximum Gasteiger partial charge on any atom is 0.261 e. The normalized spacial score (nSPS) is 11.7. The average molecular weight is 362 g/mol. The van der Waals surface area contributed by atoms with E-state index in [4.69, 9.17) is 4.74 Å². The van der Waals surface area contributed by atoms with Crippen LogP contribution in [0.25, 0.3) is 0 Å². The third kappa shape index (κ3) is 5.22. The monoisotopic (exact) mass is 362 g/mol. The van der Waals surface area contributed by atoms with Crippen LogP contribution in [0.2, 0.25) is 0 Å². The number of sulfonamides is 1. The molecule has 6 nitrogen and oxygen atoms in total. The van der Waals surface area contributed by atoms with Gasteiger partial charge in [-0.05, 0) is 63.2 Å². The lowest BCUT2D eigenvalue weighted by atomic mass is 10.1. The molecule has 0 aliphatic carbocycles. The van der Waals surface area contributed by atoms with Gasteiger partial charge in [0.15, 0.2) is 0 Å². The summed E-state index contributed by atoms with van der Waals surface area (Å²) in [6.07, 6.45) is 0. The first-order valence-corrected chi connectivity index (χ1v) is 9.18. The van der Waals surface area contributed by atoms with Gasteiger partial charge in [-0.2, -0.15) is 0 Å². The van der Waals surface area contributed by atoms with Crippen LogP contribution in [0.1, 0.15) is 31.1 Å². The molecule has 134 valence electrons. The summed E-state index contributed by atoms with van der Waals surface area (Å²) in [5.74, 6) is 0.304. The zero-order valence-electron chi connectivity index (χ0n) is 14.7. The van der Waals surface area contributed by atoms with E-state index in [2.05, 4.69) is 10.0 Å². The second-order valence-electron chi connectivity index (χ2n) is 6.57. The number of amides is 1. The van der Waals surface area contributed by atoms with Gasteiger partial charge in [-0.1, -0.05) is 6.07 Å². The number of benzene rings is 2. The predicted molar refractivity (Wildman–Crippen MR) is 97.5 cm³/mol. The van der Waals surface area contributed by atoms with Crippen molar-refractivity contribution in [3.05, 3.63) is 54.1 Å². The molecule has 0 aliphatic heterocycles. The zero-order valence-corrected chi connectivity index (χ0v) is 15.5. The van der Waals surface area contributed by atoms with Gasteiger partial charge in [-0.25, -0.2) is 8.42 Å². The molecule has 25 heavy (non-hydrogen) atoms. The summed E-state index contributed by atoms with van der Waals surface area (Å²) in [7, 11) is -2.24. The van der Waals surface area contributed by atoms with Crippen molar-refractivity contribution < 1.29 is 17.9 Å². The number of rotatable bonds is 5. The molecule has 2 N–H and O–H groups in total. The van der Waals surface area contributed by atoms with Crippen LogP contribution in [0.5, 0.6) is 5.75 Å². The highest BCUT2D eigenvalue weighted by Gasteiger charge is 2.17. The van der Waals surface area contributed by atoms with Crippen molar-refractivity contribution in [1.29, 1.82) is 0 Å². The number of methoxy groups -OCH3 is 1. The van der Waals surface area contributed by atoms with E-state index in [0.717, 1.165) is 0 Å². The molecule has 0 aliphatic rings. The second kappa shape index (κ2) is 7.14. The fourth-order valence-corrected chi connectivity index (χ4v) is 3.16. The minimum absolute atomic E-state index is 0.109. The molecule has 0 saturated heterocycles. The molecule has 2 rings (SSSR count). The van der Waals surface area contributed by atoms with Gasteiger partial charge in [0.25, 0.3) is 15.9 Å². The zero-order chi connectivity index (χ0) is 18.7. The number of ether oxygens (including phenoxy) is 1. The minimum atomic E-state index is -3.75. The van der Waals surface area contributed by atoms with Crippen molar-refractivity contribution in [3.63, 3.8) is 0 Å². The van der Waals surface area contributed by atoms with E-state index in [9.17, 15) is 13.2 Å². The Hall–Kier alpha value is -2.54. The molecule has 0 saturated carbocycles. The van der Waals surface area contributed by atoms with Crippen LogP contribution in [0.15, 0.2) is 53.4 Å². The quantitative estimate of drug-likeness (QED) is 0.856. The van der Waals surface area contributed by atoms with Crippen molar-refractivity contribution in [2.24, 2.45) is 0 Å². The molecule has 0 radical (unpaired) electrons. The maximum atomic E-state index is 12.5. The van der Waals surface area contributed by atoms with Crippen molar-refractivity contribution in [3.8, 4) is 5.75 Å². The van der Waals surface area contributed by atoms with Crippen LogP contribution in [-0.2, 0) is 10.0 Å². The number of hydrogen-bond donors (Lipinski definition) is 2. The molecule has 0 spiro atoms. The van der Waals surface area contributed by atoms with Crippen LogP contribution in [0.4, 0.5) is 5.69 Å². The van der Waals surface area contributed by atoms with Gasteiger partial charge < -0.3 is 10.1 Å².